The molecule has 1 N–H and O–H groups in total. The maximum absolute atomic E-state index is 12.5. The van der Waals surface area contributed by atoms with Crippen LogP contribution in [0.1, 0.15) is 53.5 Å². The van der Waals surface area contributed by atoms with Crippen molar-refractivity contribution >= 4 is 32.9 Å². The first-order valence-corrected chi connectivity index (χ1v) is 11.9. The molecule has 0 radical (unpaired) electrons. The highest BCUT2D eigenvalue weighted by molar-refractivity contribution is 9.10. The van der Waals surface area contributed by atoms with Crippen LogP contribution in [0.4, 0.5) is 0 Å². The van der Waals surface area contributed by atoms with Crippen molar-refractivity contribution in [1.29, 1.82) is 0 Å². The molecular formula is C27H28BrN3O. The van der Waals surface area contributed by atoms with E-state index in [1.165, 1.54) is 11.1 Å². The average Bonchev–Trinajstić information content (AvgIpc) is 3.16. The van der Waals surface area contributed by atoms with Gasteiger partial charge in [-0.1, -0.05) is 72.2 Å². The predicted molar refractivity (Wildman–Crippen MR) is 134 cm³/mol. The Hall–Kier alpha value is -2.92. The van der Waals surface area contributed by atoms with Crippen LogP contribution in [-0.4, -0.2) is 22.0 Å². The SMILES string of the molecule is CCC(C)c1ccc(Cn2c(CCNC(=O)c3cccc(Br)c3)nc3ccccc32)cc1. The van der Waals surface area contributed by atoms with Crippen molar-refractivity contribution in [2.45, 2.75) is 39.2 Å². The summed E-state index contributed by atoms with van der Waals surface area (Å²) < 4.78 is 3.16. The molecule has 1 heterocycles. The number of carbonyl (C=O) groups is 1. The lowest BCUT2D eigenvalue weighted by Crippen LogP contribution is -2.26. The summed E-state index contributed by atoms with van der Waals surface area (Å²) in [6, 6.07) is 24.5. The van der Waals surface area contributed by atoms with Gasteiger partial charge in [-0.25, -0.2) is 4.98 Å². The quantitative estimate of drug-likeness (QED) is 0.314. The first-order chi connectivity index (χ1) is 15.5. The number of nitrogens with one attached hydrogen (secondary N) is 1. The number of hydrogen-bond acceptors (Lipinski definition) is 2. The second kappa shape index (κ2) is 10.1. The molecule has 0 spiro atoms. The van der Waals surface area contributed by atoms with Crippen LogP contribution in [-0.2, 0) is 13.0 Å². The number of rotatable bonds is 8. The molecule has 32 heavy (non-hydrogen) atoms. The molecule has 4 aromatic rings. The van der Waals surface area contributed by atoms with Crippen molar-refractivity contribution in [3.63, 3.8) is 0 Å². The number of imidazole rings is 1. The van der Waals surface area contributed by atoms with Crippen molar-refractivity contribution in [1.82, 2.24) is 14.9 Å². The molecule has 1 aromatic heterocycles. The summed E-state index contributed by atoms with van der Waals surface area (Å²) in [6.45, 7) is 5.77. The van der Waals surface area contributed by atoms with Crippen molar-refractivity contribution < 1.29 is 4.79 Å². The first-order valence-electron chi connectivity index (χ1n) is 11.1. The Morgan fingerprint density at radius 3 is 2.59 bits per heavy atom. The van der Waals surface area contributed by atoms with Gasteiger partial charge in [0.2, 0.25) is 0 Å². The Morgan fingerprint density at radius 1 is 1.06 bits per heavy atom. The lowest BCUT2D eigenvalue weighted by Gasteiger charge is -2.13. The molecule has 5 heteroatoms. The molecule has 1 amide bonds. The van der Waals surface area contributed by atoms with E-state index in [9.17, 15) is 4.79 Å². The number of para-hydroxylation sites is 2. The van der Waals surface area contributed by atoms with Crippen molar-refractivity contribution in [2.24, 2.45) is 0 Å². The fraction of sp³-hybridized carbons (Fsp3) is 0.259. The van der Waals surface area contributed by atoms with Crippen molar-refractivity contribution in [3.05, 3.63) is 99.8 Å². The third-order valence-electron chi connectivity index (χ3n) is 5.96. The maximum atomic E-state index is 12.5. The predicted octanol–water partition coefficient (Wildman–Crippen LogP) is 6.33. The molecular weight excluding hydrogens is 462 g/mol. The summed E-state index contributed by atoms with van der Waals surface area (Å²) in [5.41, 5.74) is 5.37. The van der Waals surface area contributed by atoms with E-state index in [0.717, 1.165) is 34.3 Å². The molecule has 164 valence electrons. The normalized spacial score (nSPS) is 12.1. The summed E-state index contributed by atoms with van der Waals surface area (Å²) in [7, 11) is 0. The molecule has 4 nitrogen and oxygen atoms in total. The number of amides is 1. The molecule has 4 rings (SSSR count). The van der Waals surface area contributed by atoms with Crippen LogP contribution in [0.3, 0.4) is 0 Å². The van der Waals surface area contributed by atoms with Crippen LogP contribution in [0.2, 0.25) is 0 Å². The van der Waals surface area contributed by atoms with Crippen LogP contribution < -0.4 is 5.32 Å². The van der Waals surface area contributed by atoms with Gasteiger partial charge in [0.25, 0.3) is 5.91 Å². The largest absolute Gasteiger partial charge is 0.352 e. The lowest BCUT2D eigenvalue weighted by molar-refractivity contribution is 0.0954. The van der Waals surface area contributed by atoms with Crippen LogP contribution in [0.25, 0.3) is 11.0 Å². The molecule has 1 atom stereocenters. The Morgan fingerprint density at radius 2 is 1.84 bits per heavy atom. The van der Waals surface area contributed by atoms with E-state index in [4.69, 9.17) is 4.98 Å². The van der Waals surface area contributed by atoms with Gasteiger partial charge in [0.1, 0.15) is 5.82 Å². The zero-order valence-corrected chi connectivity index (χ0v) is 20.1. The molecule has 0 fully saturated rings. The summed E-state index contributed by atoms with van der Waals surface area (Å²) in [6.07, 6.45) is 1.81. The second-order valence-corrected chi connectivity index (χ2v) is 9.09. The van der Waals surface area contributed by atoms with E-state index >= 15 is 0 Å². The van der Waals surface area contributed by atoms with Crippen LogP contribution >= 0.6 is 15.9 Å². The van der Waals surface area contributed by atoms with Crippen LogP contribution in [0.5, 0.6) is 0 Å². The molecule has 0 saturated carbocycles. The first kappa shape index (κ1) is 22.3. The zero-order valence-electron chi connectivity index (χ0n) is 18.5. The highest BCUT2D eigenvalue weighted by Crippen LogP contribution is 2.22. The number of fused-ring (bicyclic) bond motifs is 1. The fourth-order valence-corrected chi connectivity index (χ4v) is 4.28. The molecule has 0 aliphatic carbocycles. The van der Waals surface area contributed by atoms with Gasteiger partial charge in [-0.15, -0.1) is 0 Å². The van der Waals surface area contributed by atoms with Gasteiger partial charge < -0.3 is 9.88 Å². The standard InChI is InChI=1S/C27H28BrN3O/c1-3-19(2)21-13-11-20(12-14-21)18-31-25-10-5-4-9-24(25)30-26(31)15-16-29-27(32)22-7-6-8-23(28)17-22/h4-14,17,19H,3,15-16,18H2,1-2H3,(H,29,32). The Bertz CT molecular complexity index is 1210. The van der Waals surface area contributed by atoms with Gasteiger partial charge >= 0.3 is 0 Å². The van der Waals surface area contributed by atoms with Crippen LogP contribution in [0.15, 0.2) is 77.3 Å². The number of nitrogens with zero attached hydrogens (tertiary/aromatic N) is 2. The minimum atomic E-state index is -0.0745. The Balaban J connectivity index is 1.51. The number of aromatic nitrogens is 2. The minimum Gasteiger partial charge on any atom is -0.352 e. The van der Waals surface area contributed by atoms with E-state index < -0.39 is 0 Å². The molecule has 0 aliphatic heterocycles. The van der Waals surface area contributed by atoms with Gasteiger partial charge in [-0.05, 0) is 53.8 Å². The van der Waals surface area contributed by atoms with E-state index in [1.54, 1.807) is 0 Å². The Labute approximate surface area is 197 Å². The lowest BCUT2D eigenvalue weighted by atomic mass is 9.98. The van der Waals surface area contributed by atoms with Crippen molar-refractivity contribution in [2.75, 3.05) is 6.54 Å². The summed E-state index contributed by atoms with van der Waals surface area (Å²) in [4.78, 5) is 17.3. The maximum Gasteiger partial charge on any atom is 0.251 e. The van der Waals surface area contributed by atoms with Crippen molar-refractivity contribution in [3.8, 4) is 0 Å². The summed E-state index contributed by atoms with van der Waals surface area (Å²) in [5.74, 6) is 1.48. The van der Waals surface area contributed by atoms with Crippen LogP contribution in [0, 0.1) is 0 Å². The molecule has 3 aromatic carbocycles. The van der Waals surface area contributed by atoms with Gasteiger partial charge in [-0.3, -0.25) is 4.79 Å². The monoisotopic (exact) mass is 489 g/mol. The second-order valence-electron chi connectivity index (χ2n) is 8.17. The van der Waals surface area contributed by atoms with Gasteiger partial charge in [0.05, 0.1) is 11.0 Å². The number of hydrogen-bond donors (Lipinski definition) is 1. The molecule has 0 saturated heterocycles. The minimum absolute atomic E-state index is 0.0745. The third kappa shape index (κ3) is 5.10. The van der Waals surface area contributed by atoms with E-state index in [2.05, 4.69) is 70.0 Å². The topological polar surface area (TPSA) is 46.9 Å². The smallest absolute Gasteiger partial charge is 0.251 e. The number of benzene rings is 3. The number of halogens is 1. The Kier molecular flexibility index (Phi) is 7.05. The third-order valence-corrected chi connectivity index (χ3v) is 6.45. The highest BCUT2D eigenvalue weighted by atomic mass is 79.9. The summed E-state index contributed by atoms with van der Waals surface area (Å²) >= 11 is 3.42. The fourth-order valence-electron chi connectivity index (χ4n) is 3.88. The average molecular weight is 490 g/mol. The van der Waals surface area contributed by atoms with Gasteiger partial charge in [0.15, 0.2) is 0 Å². The summed E-state index contributed by atoms with van der Waals surface area (Å²) in [5, 5.41) is 3.02. The zero-order chi connectivity index (χ0) is 22.5. The molecule has 0 bridgehead atoms. The van der Waals surface area contributed by atoms with Gasteiger partial charge in [-0.2, -0.15) is 0 Å². The van der Waals surface area contributed by atoms with E-state index in [1.807, 2.05) is 42.5 Å². The van der Waals surface area contributed by atoms with E-state index in [0.29, 0.717) is 24.4 Å². The van der Waals surface area contributed by atoms with E-state index in [-0.39, 0.29) is 5.91 Å². The number of carbonyl (C=O) groups excluding carboxylic acids is 1. The molecule has 1 unspecified atom stereocenters. The van der Waals surface area contributed by atoms with Gasteiger partial charge in [0, 0.05) is 29.5 Å². The highest BCUT2D eigenvalue weighted by Gasteiger charge is 2.12. The molecule has 0 aliphatic rings.